The molecule has 0 aliphatic heterocycles. The lowest BCUT2D eigenvalue weighted by Crippen LogP contribution is -2.17. The molecule has 0 amide bonds. The number of hydrogen-bond donors (Lipinski definition) is 0. The maximum atomic E-state index is 12.3. The molecular formula is C21H23BrO5. The summed E-state index contributed by atoms with van der Waals surface area (Å²) in [5.74, 6) is -0.398. The molecule has 0 aliphatic rings. The molecule has 0 unspecified atom stereocenters. The fourth-order valence-corrected chi connectivity index (χ4v) is 2.60. The SMILES string of the molecule is CCCCCOC(=O)c1ccccc1C(=O)OCCOc1ccc(Br)cc1. The summed E-state index contributed by atoms with van der Waals surface area (Å²) in [7, 11) is 0. The lowest BCUT2D eigenvalue weighted by molar-refractivity contribution is 0.0422. The third kappa shape index (κ3) is 7.06. The zero-order valence-electron chi connectivity index (χ0n) is 15.3. The number of carbonyl (C=O) groups is 2. The third-order valence-electron chi connectivity index (χ3n) is 3.75. The van der Waals surface area contributed by atoms with Crippen LogP contribution in [0.2, 0.25) is 0 Å². The summed E-state index contributed by atoms with van der Waals surface area (Å²) < 4.78 is 16.9. The van der Waals surface area contributed by atoms with Crippen LogP contribution in [0, 0.1) is 0 Å². The van der Waals surface area contributed by atoms with Gasteiger partial charge in [0.2, 0.25) is 0 Å². The topological polar surface area (TPSA) is 61.8 Å². The highest BCUT2D eigenvalue weighted by Gasteiger charge is 2.18. The molecule has 0 aromatic heterocycles. The van der Waals surface area contributed by atoms with E-state index in [1.165, 1.54) is 0 Å². The van der Waals surface area contributed by atoms with Gasteiger partial charge in [0.25, 0.3) is 0 Å². The molecule has 5 nitrogen and oxygen atoms in total. The van der Waals surface area contributed by atoms with Crippen molar-refractivity contribution in [1.29, 1.82) is 0 Å². The van der Waals surface area contributed by atoms with Crippen molar-refractivity contribution in [1.82, 2.24) is 0 Å². The molecule has 0 fully saturated rings. The van der Waals surface area contributed by atoms with E-state index in [1.807, 2.05) is 24.3 Å². The number of unbranched alkanes of at least 4 members (excludes halogenated alkanes) is 2. The first-order valence-electron chi connectivity index (χ1n) is 8.93. The highest BCUT2D eigenvalue weighted by atomic mass is 79.9. The molecule has 2 aromatic rings. The second-order valence-corrected chi connectivity index (χ2v) is 6.74. The first kappa shape index (κ1) is 21.0. The maximum Gasteiger partial charge on any atom is 0.339 e. The number of ether oxygens (including phenoxy) is 3. The smallest absolute Gasteiger partial charge is 0.339 e. The Labute approximate surface area is 167 Å². The van der Waals surface area contributed by atoms with Gasteiger partial charge in [0, 0.05) is 4.47 Å². The Morgan fingerprint density at radius 3 is 2.00 bits per heavy atom. The minimum absolute atomic E-state index is 0.0782. The van der Waals surface area contributed by atoms with Gasteiger partial charge < -0.3 is 14.2 Å². The minimum Gasteiger partial charge on any atom is -0.490 e. The van der Waals surface area contributed by atoms with E-state index in [-0.39, 0.29) is 24.3 Å². The van der Waals surface area contributed by atoms with Gasteiger partial charge in [-0.3, -0.25) is 0 Å². The number of benzene rings is 2. The van der Waals surface area contributed by atoms with E-state index in [0.717, 1.165) is 23.7 Å². The van der Waals surface area contributed by atoms with Gasteiger partial charge in [0.15, 0.2) is 0 Å². The zero-order chi connectivity index (χ0) is 19.5. The van der Waals surface area contributed by atoms with Gasteiger partial charge in [-0.25, -0.2) is 9.59 Å². The van der Waals surface area contributed by atoms with Crippen LogP contribution in [-0.4, -0.2) is 31.8 Å². The lowest BCUT2D eigenvalue weighted by atomic mass is 10.1. The van der Waals surface area contributed by atoms with Gasteiger partial charge in [-0.2, -0.15) is 0 Å². The van der Waals surface area contributed by atoms with Crippen molar-refractivity contribution < 1.29 is 23.8 Å². The Bertz CT molecular complexity index is 742. The Kier molecular flexibility index (Phi) is 8.84. The van der Waals surface area contributed by atoms with E-state index in [2.05, 4.69) is 22.9 Å². The molecule has 27 heavy (non-hydrogen) atoms. The second-order valence-electron chi connectivity index (χ2n) is 5.83. The van der Waals surface area contributed by atoms with Crippen LogP contribution >= 0.6 is 15.9 Å². The van der Waals surface area contributed by atoms with Crippen molar-refractivity contribution in [3.8, 4) is 5.75 Å². The zero-order valence-corrected chi connectivity index (χ0v) is 16.9. The van der Waals surface area contributed by atoms with Gasteiger partial charge in [-0.15, -0.1) is 0 Å². The minimum atomic E-state index is -0.574. The van der Waals surface area contributed by atoms with Crippen molar-refractivity contribution in [2.75, 3.05) is 19.8 Å². The Balaban J connectivity index is 1.84. The first-order chi connectivity index (χ1) is 13.1. The van der Waals surface area contributed by atoms with E-state index >= 15 is 0 Å². The number of rotatable bonds is 10. The molecule has 144 valence electrons. The molecule has 0 atom stereocenters. The molecule has 0 aliphatic carbocycles. The monoisotopic (exact) mass is 434 g/mol. The average molecular weight is 435 g/mol. The van der Waals surface area contributed by atoms with Crippen LogP contribution in [0.1, 0.15) is 46.9 Å². The van der Waals surface area contributed by atoms with E-state index in [4.69, 9.17) is 14.2 Å². The summed E-state index contributed by atoms with van der Waals surface area (Å²) >= 11 is 3.35. The maximum absolute atomic E-state index is 12.3. The van der Waals surface area contributed by atoms with Gasteiger partial charge >= 0.3 is 11.9 Å². The van der Waals surface area contributed by atoms with Crippen molar-refractivity contribution in [2.24, 2.45) is 0 Å². The van der Waals surface area contributed by atoms with E-state index in [9.17, 15) is 9.59 Å². The van der Waals surface area contributed by atoms with Gasteiger partial charge in [-0.05, 0) is 42.8 Å². The standard InChI is InChI=1S/C21H23BrO5/c1-2-3-6-13-26-20(23)18-7-4-5-8-19(18)21(24)27-15-14-25-17-11-9-16(22)10-12-17/h4-5,7-12H,2-3,6,13-15H2,1H3. The molecule has 0 heterocycles. The summed E-state index contributed by atoms with van der Waals surface area (Å²) in [6.07, 6.45) is 2.85. The van der Waals surface area contributed by atoms with Crippen molar-refractivity contribution >= 4 is 27.9 Å². The molecule has 0 radical (unpaired) electrons. The van der Waals surface area contributed by atoms with E-state index in [1.54, 1.807) is 24.3 Å². The lowest BCUT2D eigenvalue weighted by Gasteiger charge is -2.10. The molecule has 6 heteroatoms. The van der Waals surface area contributed by atoms with Gasteiger partial charge in [0.05, 0.1) is 17.7 Å². The highest BCUT2D eigenvalue weighted by Crippen LogP contribution is 2.16. The number of halogens is 1. The quantitative estimate of drug-likeness (QED) is 0.387. The number of hydrogen-bond acceptors (Lipinski definition) is 5. The van der Waals surface area contributed by atoms with Crippen LogP contribution in [0.3, 0.4) is 0 Å². The van der Waals surface area contributed by atoms with Crippen LogP contribution in [0.5, 0.6) is 5.75 Å². The first-order valence-corrected chi connectivity index (χ1v) is 9.72. The summed E-state index contributed by atoms with van der Waals surface area (Å²) in [5, 5.41) is 0. The predicted octanol–water partition coefficient (Wildman–Crippen LogP) is 5.03. The van der Waals surface area contributed by atoms with Crippen LogP contribution < -0.4 is 4.74 Å². The fraction of sp³-hybridized carbons (Fsp3) is 0.333. The molecule has 2 rings (SSSR count). The normalized spacial score (nSPS) is 10.3. The predicted molar refractivity (Wildman–Crippen MR) is 106 cm³/mol. The second kappa shape index (κ2) is 11.4. The summed E-state index contributed by atoms with van der Waals surface area (Å²) in [5.41, 5.74) is 0.412. The average Bonchev–Trinajstić information content (AvgIpc) is 2.69. The molecule has 0 bridgehead atoms. The van der Waals surface area contributed by atoms with E-state index in [0.29, 0.717) is 12.4 Å². The Morgan fingerprint density at radius 1 is 0.815 bits per heavy atom. The Morgan fingerprint density at radius 2 is 1.41 bits per heavy atom. The number of esters is 2. The summed E-state index contributed by atoms with van der Waals surface area (Å²) in [4.78, 5) is 24.5. The van der Waals surface area contributed by atoms with E-state index < -0.39 is 11.9 Å². The number of carbonyl (C=O) groups excluding carboxylic acids is 2. The Hall–Kier alpha value is -2.34. The fourth-order valence-electron chi connectivity index (χ4n) is 2.34. The van der Waals surface area contributed by atoms with Crippen LogP contribution in [-0.2, 0) is 9.47 Å². The molecule has 0 saturated carbocycles. The van der Waals surface area contributed by atoms with Crippen molar-refractivity contribution in [2.45, 2.75) is 26.2 Å². The van der Waals surface area contributed by atoms with Crippen LogP contribution in [0.4, 0.5) is 0 Å². The summed E-state index contributed by atoms with van der Waals surface area (Å²) in [6.45, 7) is 2.72. The van der Waals surface area contributed by atoms with Crippen LogP contribution in [0.25, 0.3) is 0 Å². The molecule has 0 saturated heterocycles. The molecular weight excluding hydrogens is 412 g/mol. The van der Waals surface area contributed by atoms with Crippen LogP contribution in [0.15, 0.2) is 53.0 Å². The molecule has 0 spiro atoms. The largest absolute Gasteiger partial charge is 0.490 e. The summed E-state index contributed by atoms with van der Waals surface area (Å²) in [6, 6.07) is 13.9. The third-order valence-corrected chi connectivity index (χ3v) is 4.28. The van der Waals surface area contributed by atoms with Crippen molar-refractivity contribution in [3.63, 3.8) is 0 Å². The molecule has 0 N–H and O–H groups in total. The molecule has 2 aromatic carbocycles. The van der Waals surface area contributed by atoms with Gasteiger partial charge in [0.1, 0.15) is 19.0 Å². The van der Waals surface area contributed by atoms with Gasteiger partial charge in [-0.1, -0.05) is 47.8 Å². The van der Waals surface area contributed by atoms with Crippen molar-refractivity contribution in [3.05, 3.63) is 64.1 Å². The highest BCUT2D eigenvalue weighted by molar-refractivity contribution is 9.10.